The van der Waals surface area contributed by atoms with Gasteiger partial charge in [-0.2, -0.15) is 0 Å². The number of hydroxylamine groups is 1. The number of hydrogen-bond donors (Lipinski definition) is 2. The minimum Gasteiger partial charge on any atom is -0.489 e. The Balaban J connectivity index is 1.50. The molecule has 1 aliphatic carbocycles. The van der Waals surface area contributed by atoms with Crippen molar-refractivity contribution >= 4 is 22.8 Å². The van der Waals surface area contributed by atoms with E-state index >= 15 is 0 Å². The second-order valence-electron chi connectivity index (χ2n) is 9.14. The lowest BCUT2D eigenvalue weighted by Crippen LogP contribution is -2.30. The number of carbonyl (C=O) groups excluding carboxylic acids is 2. The molecule has 0 spiro atoms. The molecule has 0 aliphatic heterocycles. The smallest absolute Gasteiger partial charge is 0.313 e. The minimum atomic E-state index is -1.04. The quantitative estimate of drug-likeness (QED) is 0.322. The van der Waals surface area contributed by atoms with Crippen LogP contribution in [0.15, 0.2) is 54.6 Å². The molecule has 2 N–H and O–H groups in total. The Bertz CT molecular complexity index is 1210. The van der Waals surface area contributed by atoms with Gasteiger partial charge in [-0.15, -0.1) is 0 Å². The number of aromatic nitrogens is 1. The summed E-state index contributed by atoms with van der Waals surface area (Å²) < 4.78 is 11.0. The molecule has 3 aromatic rings. The van der Waals surface area contributed by atoms with Crippen LogP contribution in [0.5, 0.6) is 5.75 Å². The van der Waals surface area contributed by atoms with E-state index in [1.165, 1.54) is 7.11 Å². The van der Waals surface area contributed by atoms with Crippen LogP contribution in [-0.4, -0.2) is 29.2 Å². The summed E-state index contributed by atoms with van der Waals surface area (Å²) in [6.45, 7) is 6.04. The maximum absolute atomic E-state index is 12.7. The lowest BCUT2D eigenvalue weighted by Gasteiger charge is -2.18. The standard InChI is InChI=1S/C26H28N2O5/c1-16-8-13-20-18(6-5-7-21(20)27-16)15-33-19-11-9-17(10-12-19)14-26(24(30)32-4)22(23(29)28-31)25(26,2)3/h5-13,22,31H,14-15H2,1-4H3,(H,28,29)/t22?,26-/m0/s1. The highest BCUT2D eigenvalue weighted by Crippen LogP contribution is 2.70. The molecule has 1 aromatic heterocycles. The van der Waals surface area contributed by atoms with Crippen LogP contribution in [-0.2, 0) is 27.4 Å². The maximum Gasteiger partial charge on any atom is 0.313 e. The molecule has 1 amide bonds. The molecule has 7 heteroatoms. The molecule has 1 saturated carbocycles. The fraction of sp³-hybridized carbons (Fsp3) is 0.346. The van der Waals surface area contributed by atoms with Crippen molar-refractivity contribution in [3.63, 3.8) is 0 Å². The summed E-state index contributed by atoms with van der Waals surface area (Å²) >= 11 is 0. The molecular weight excluding hydrogens is 420 g/mol. The topological polar surface area (TPSA) is 97.8 Å². The summed E-state index contributed by atoms with van der Waals surface area (Å²) in [6, 6.07) is 17.5. The molecule has 1 fully saturated rings. The summed E-state index contributed by atoms with van der Waals surface area (Å²) in [5.41, 5.74) is 3.83. The Labute approximate surface area is 192 Å². The molecular formula is C26H28N2O5. The van der Waals surface area contributed by atoms with Crippen LogP contribution in [0.1, 0.15) is 30.7 Å². The maximum atomic E-state index is 12.7. The van der Waals surface area contributed by atoms with Crippen LogP contribution in [0.3, 0.4) is 0 Å². The number of aryl methyl sites for hydroxylation is 1. The number of rotatable bonds is 7. The zero-order valence-corrected chi connectivity index (χ0v) is 19.2. The van der Waals surface area contributed by atoms with Gasteiger partial charge in [0.2, 0.25) is 5.91 Å². The van der Waals surface area contributed by atoms with Gasteiger partial charge in [0.05, 0.1) is 24.0 Å². The number of fused-ring (bicyclic) bond motifs is 1. The number of hydrogen-bond acceptors (Lipinski definition) is 6. The zero-order valence-electron chi connectivity index (χ0n) is 19.2. The Kier molecular flexibility index (Phi) is 5.84. The first-order chi connectivity index (χ1) is 15.7. The normalized spacial score (nSPS) is 20.8. The van der Waals surface area contributed by atoms with E-state index in [2.05, 4.69) is 11.1 Å². The van der Waals surface area contributed by atoms with Crippen molar-refractivity contribution in [1.29, 1.82) is 0 Å². The number of nitrogens with one attached hydrogen (secondary N) is 1. The first-order valence-electron chi connectivity index (χ1n) is 10.8. The molecule has 1 heterocycles. The summed E-state index contributed by atoms with van der Waals surface area (Å²) in [6.07, 6.45) is 0.319. The average Bonchev–Trinajstić information content (AvgIpc) is 3.31. The lowest BCUT2D eigenvalue weighted by molar-refractivity contribution is -0.150. The minimum absolute atomic E-state index is 0.319. The summed E-state index contributed by atoms with van der Waals surface area (Å²) in [5, 5.41) is 10.2. The number of nitrogens with zero attached hydrogens (tertiary/aromatic N) is 1. The average molecular weight is 449 g/mol. The molecule has 4 rings (SSSR count). The molecule has 172 valence electrons. The van der Waals surface area contributed by atoms with Crippen LogP contribution >= 0.6 is 0 Å². The molecule has 0 bridgehead atoms. The lowest BCUT2D eigenvalue weighted by atomic mass is 9.88. The van der Waals surface area contributed by atoms with Gasteiger partial charge in [0.15, 0.2) is 0 Å². The van der Waals surface area contributed by atoms with Gasteiger partial charge in [-0.25, -0.2) is 5.48 Å². The molecule has 0 saturated heterocycles. The first-order valence-corrected chi connectivity index (χ1v) is 10.8. The van der Waals surface area contributed by atoms with Gasteiger partial charge < -0.3 is 9.47 Å². The molecule has 2 atom stereocenters. The van der Waals surface area contributed by atoms with Gasteiger partial charge in [-0.3, -0.25) is 19.8 Å². The molecule has 0 radical (unpaired) electrons. The number of ether oxygens (including phenoxy) is 2. The van der Waals surface area contributed by atoms with E-state index in [-0.39, 0.29) is 0 Å². The van der Waals surface area contributed by atoms with Gasteiger partial charge in [0.1, 0.15) is 12.4 Å². The van der Waals surface area contributed by atoms with E-state index < -0.39 is 28.6 Å². The molecule has 1 aliphatic rings. The molecule has 7 nitrogen and oxygen atoms in total. The van der Waals surface area contributed by atoms with Crippen molar-refractivity contribution in [3.05, 3.63) is 71.4 Å². The van der Waals surface area contributed by atoms with Crippen molar-refractivity contribution < 1.29 is 24.3 Å². The van der Waals surface area contributed by atoms with Crippen molar-refractivity contribution in [2.75, 3.05) is 7.11 Å². The molecule has 33 heavy (non-hydrogen) atoms. The van der Waals surface area contributed by atoms with Gasteiger partial charge in [0, 0.05) is 11.1 Å². The number of methoxy groups -OCH3 is 1. The predicted octanol–water partition coefficient (Wildman–Crippen LogP) is 3.99. The molecule has 2 aromatic carbocycles. The van der Waals surface area contributed by atoms with E-state index in [0.717, 1.165) is 27.7 Å². The second kappa shape index (κ2) is 8.48. The van der Waals surface area contributed by atoms with E-state index in [4.69, 9.17) is 14.7 Å². The Hall–Kier alpha value is -3.45. The van der Waals surface area contributed by atoms with E-state index in [1.807, 2.05) is 69.3 Å². The number of benzene rings is 2. The number of esters is 1. The van der Waals surface area contributed by atoms with Gasteiger partial charge in [0.25, 0.3) is 0 Å². The highest BCUT2D eigenvalue weighted by atomic mass is 16.5. The highest BCUT2D eigenvalue weighted by molar-refractivity contribution is 5.95. The van der Waals surface area contributed by atoms with E-state index in [1.54, 1.807) is 5.48 Å². The predicted molar refractivity (Wildman–Crippen MR) is 123 cm³/mol. The number of carbonyl (C=O) groups is 2. The van der Waals surface area contributed by atoms with Gasteiger partial charge >= 0.3 is 5.97 Å². The first kappa shape index (κ1) is 22.7. The van der Waals surface area contributed by atoms with Crippen LogP contribution < -0.4 is 10.2 Å². The van der Waals surface area contributed by atoms with Crippen molar-refractivity contribution in [2.45, 2.75) is 33.8 Å². The third kappa shape index (κ3) is 3.82. The summed E-state index contributed by atoms with van der Waals surface area (Å²) in [5.74, 6) is -1.02. The van der Waals surface area contributed by atoms with Crippen molar-refractivity contribution in [1.82, 2.24) is 10.5 Å². The fourth-order valence-electron chi connectivity index (χ4n) is 5.07. The van der Waals surface area contributed by atoms with Crippen molar-refractivity contribution in [3.8, 4) is 5.75 Å². The highest BCUT2D eigenvalue weighted by Gasteiger charge is 2.78. The third-order valence-corrected chi connectivity index (χ3v) is 6.97. The Morgan fingerprint density at radius 3 is 2.48 bits per heavy atom. The number of amides is 1. The zero-order chi connectivity index (χ0) is 23.8. The van der Waals surface area contributed by atoms with Crippen LogP contribution in [0.2, 0.25) is 0 Å². The summed E-state index contributed by atoms with van der Waals surface area (Å²) in [7, 11) is 1.31. The van der Waals surface area contributed by atoms with E-state index in [9.17, 15) is 9.59 Å². The van der Waals surface area contributed by atoms with Gasteiger partial charge in [-0.1, -0.05) is 44.2 Å². The van der Waals surface area contributed by atoms with Gasteiger partial charge in [-0.05, 0) is 54.2 Å². The van der Waals surface area contributed by atoms with Crippen LogP contribution in [0.4, 0.5) is 0 Å². The Morgan fingerprint density at radius 1 is 1.09 bits per heavy atom. The fourth-order valence-corrected chi connectivity index (χ4v) is 5.07. The van der Waals surface area contributed by atoms with Crippen LogP contribution in [0, 0.1) is 23.7 Å². The van der Waals surface area contributed by atoms with E-state index in [0.29, 0.717) is 18.8 Å². The summed E-state index contributed by atoms with van der Waals surface area (Å²) in [4.78, 5) is 29.5. The van der Waals surface area contributed by atoms with Crippen molar-refractivity contribution in [2.24, 2.45) is 16.7 Å². The SMILES string of the molecule is COC(=O)[C@]1(Cc2ccc(OCc3cccc4nc(C)ccc34)cc2)C(C(=O)NO)C1(C)C. The monoisotopic (exact) mass is 448 g/mol. The number of pyridine rings is 1. The van der Waals surface area contributed by atoms with Crippen LogP contribution in [0.25, 0.3) is 10.9 Å². The Morgan fingerprint density at radius 2 is 1.82 bits per heavy atom. The largest absolute Gasteiger partial charge is 0.489 e. The second-order valence-corrected chi connectivity index (χ2v) is 9.14. The molecule has 1 unspecified atom stereocenters. The third-order valence-electron chi connectivity index (χ3n) is 6.97.